The lowest BCUT2D eigenvalue weighted by Gasteiger charge is -2.30. The molecular formula is C35H43ClN2O4. The first-order chi connectivity index (χ1) is 19.9. The number of carbonyl (C=O) groups excluding carboxylic acids is 3. The molecule has 0 aromatic heterocycles. The Hall–Kier alpha value is -3.64. The summed E-state index contributed by atoms with van der Waals surface area (Å²) >= 11 is 6.06. The van der Waals surface area contributed by atoms with Crippen LogP contribution < -0.4 is 15.4 Å². The second kappa shape index (κ2) is 14.5. The zero-order valence-corrected chi connectivity index (χ0v) is 26.4. The first-order valence-electron chi connectivity index (χ1n) is 14.6. The maximum absolute atomic E-state index is 12.6. The minimum absolute atomic E-state index is 0.0329. The van der Waals surface area contributed by atoms with Crippen molar-refractivity contribution < 1.29 is 19.1 Å². The molecule has 0 atom stereocenters. The number of halogens is 1. The van der Waals surface area contributed by atoms with Gasteiger partial charge in [-0.1, -0.05) is 83.5 Å². The topological polar surface area (TPSA) is 84.5 Å². The van der Waals surface area contributed by atoms with E-state index in [-0.39, 0.29) is 35.4 Å². The van der Waals surface area contributed by atoms with Gasteiger partial charge in [-0.2, -0.15) is 0 Å². The Morgan fingerprint density at radius 1 is 0.786 bits per heavy atom. The Bertz CT molecular complexity index is 1410. The molecule has 3 rings (SSSR count). The van der Waals surface area contributed by atoms with E-state index in [4.69, 9.17) is 16.3 Å². The largest absolute Gasteiger partial charge is 0.493 e. The van der Waals surface area contributed by atoms with Gasteiger partial charge in [0.25, 0.3) is 0 Å². The summed E-state index contributed by atoms with van der Waals surface area (Å²) in [7, 11) is 0. The van der Waals surface area contributed by atoms with Crippen molar-refractivity contribution in [2.45, 2.75) is 84.5 Å². The predicted octanol–water partition coefficient (Wildman–Crippen LogP) is 8.72. The standard InChI is InChI=1S/C35H43ClN2O4/c1-7-34(3,4)24-18-19-31(28(21-24)35(5,6)8-2)42-20-12-17-32(40)37-25-13-11-14-26(22-25)38-33(41)23-30(39)27-15-9-10-16-29(27)36/h9-11,13-16,18-19,21-22H,7-8,12,17,20,23H2,1-6H3,(H,37,40)(H,38,41). The Balaban J connectivity index is 1.53. The molecule has 0 aliphatic heterocycles. The van der Waals surface area contributed by atoms with Gasteiger partial charge in [-0.05, 0) is 72.1 Å². The first kappa shape index (κ1) is 32.9. The molecule has 0 unspecified atom stereocenters. The lowest BCUT2D eigenvalue weighted by molar-refractivity contribution is -0.116. The molecule has 3 aromatic carbocycles. The summed E-state index contributed by atoms with van der Waals surface area (Å²) in [4.78, 5) is 37.5. The van der Waals surface area contributed by atoms with Crippen LogP contribution in [0.4, 0.5) is 11.4 Å². The minimum Gasteiger partial charge on any atom is -0.493 e. The zero-order valence-electron chi connectivity index (χ0n) is 25.6. The third kappa shape index (κ3) is 8.93. The fourth-order valence-electron chi connectivity index (χ4n) is 4.45. The van der Waals surface area contributed by atoms with E-state index >= 15 is 0 Å². The molecule has 2 N–H and O–H groups in total. The lowest BCUT2D eigenvalue weighted by atomic mass is 9.76. The summed E-state index contributed by atoms with van der Waals surface area (Å²) < 4.78 is 6.20. The molecule has 0 saturated heterocycles. The number of amides is 2. The minimum atomic E-state index is -0.461. The molecule has 0 bridgehead atoms. The third-order valence-corrected chi connectivity index (χ3v) is 8.32. The molecule has 42 heavy (non-hydrogen) atoms. The first-order valence-corrected chi connectivity index (χ1v) is 15.0. The van der Waals surface area contributed by atoms with Crippen LogP contribution in [0, 0.1) is 0 Å². The van der Waals surface area contributed by atoms with Crippen molar-refractivity contribution in [2.24, 2.45) is 0 Å². The summed E-state index contributed by atoms with van der Waals surface area (Å²) in [6.45, 7) is 13.8. The smallest absolute Gasteiger partial charge is 0.232 e. The summed E-state index contributed by atoms with van der Waals surface area (Å²) in [5.41, 5.74) is 3.89. The fourth-order valence-corrected chi connectivity index (χ4v) is 4.69. The van der Waals surface area contributed by atoms with Gasteiger partial charge in [0.15, 0.2) is 5.78 Å². The number of hydrogen-bond acceptors (Lipinski definition) is 4. The van der Waals surface area contributed by atoms with Gasteiger partial charge in [0.2, 0.25) is 11.8 Å². The zero-order chi connectivity index (χ0) is 30.9. The van der Waals surface area contributed by atoms with E-state index in [0.29, 0.717) is 35.0 Å². The molecule has 0 radical (unpaired) electrons. The highest BCUT2D eigenvalue weighted by Crippen LogP contribution is 2.38. The van der Waals surface area contributed by atoms with E-state index in [1.165, 1.54) is 11.1 Å². The van der Waals surface area contributed by atoms with Crippen LogP contribution in [0.5, 0.6) is 5.75 Å². The third-order valence-electron chi connectivity index (χ3n) is 7.99. The maximum Gasteiger partial charge on any atom is 0.232 e. The van der Waals surface area contributed by atoms with Gasteiger partial charge >= 0.3 is 0 Å². The molecule has 6 nitrogen and oxygen atoms in total. The molecule has 0 saturated carbocycles. The van der Waals surface area contributed by atoms with Crippen molar-refractivity contribution in [3.8, 4) is 5.75 Å². The van der Waals surface area contributed by atoms with Gasteiger partial charge in [0, 0.05) is 28.9 Å². The highest BCUT2D eigenvalue weighted by molar-refractivity contribution is 6.34. The maximum atomic E-state index is 12.6. The van der Waals surface area contributed by atoms with Gasteiger partial charge in [-0.25, -0.2) is 0 Å². The predicted molar refractivity (Wildman–Crippen MR) is 172 cm³/mol. The number of ketones is 1. The number of nitrogens with one attached hydrogen (secondary N) is 2. The number of carbonyl (C=O) groups is 3. The number of rotatable bonds is 14. The van der Waals surface area contributed by atoms with Gasteiger partial charge in [-0.15, -0.1) is 0 Å². The van der Waals surface area contributed by atoms with E-state index in [9.17, 15) is 14.4 Å². The van der Waals surface area contributed by atoms with E-state index < -0.39 is 5.91 Å². The van der Waals surface area contributed by atoms with Crippen LogP contribution in [0.25, 0.3) is 0 Å². The van der Waals surface area contributed by atoms with Gasteiger partial charge < -0.3 is 15.4 Å². The van der Waals surface area contributed by atoms with Gasteiger partial charge in [0.05, 0.1) is 18.1 Å². The Labute approximate surface area is 255 Å². The van der Waals surface area contributed by atoms with Crippen molar-refractivity contribution in [1.82, 2.24) is 0 Å². The van der Waals surface area contributed by atoms with E-state index in [1.807, 2.05) is 0 Å². The number of Topliss-reactive ketones (excluding diaryl/α,β-unsaturated/α-hetero) is 1. The van der Waals surface area contributed by atoms with E-state index in [0.717, 1.165) is 18.6 Å². The van der Waals surface area contributed by atoms with Crippen molar-refractivity contribution in [3.05, 3.63) is 88.4 Å². The van der Waals surface area contributed by atoms with Crippen molar-refractivity contribution >= 4 is 40.6 Å². The molecule has 0 heterocycles. The fraction of sp³-hybridized carbons (Fsp3) is 0.400. The molecule has 0 aliphatic rings. The van der Waals surface area contributed by atoms with Crippen LogP contribution in [-0.4, -0.2) is 24.2 Å². The number of benzene rings is 3. The van der Waals surface area contributed by atoms with Crippen LogP contribution in [0.3, 0.4) is 0 Å². The Morgan fingerprint density at radius 2 is 1.43 bits per heavy atom. The molecule has 224 valence electrons. The summed E-state index contributed by atoms with van der Waals surface area (Å²) in [5, 5.41) is 5.89. The second-order valence-electron chi connectivity index (χ2n) is 11.9. The lowest BCUT2D eigenvalue weighted by Crippen LogP contribution is -2.21. The highest BCUT2D eigenvalue weighted by atomic mass is 35.5. The molecular weight excluding hydrogens is 548 g/mol. The SMILES string of the molecule is CCC(C)(C)c1ccc(OCCCC(=O)Nc2cccc(NC(=O)CC(=O)c3ccccc3Cl)c2)c(C(C)(C)CC)c1. The summed E-state index contributed by atoms with van der Waals surface area (Å²) in [6.07, 6.45) is 2.54. The van der Waals surface area contributed by atoms with E-state index in [1.54, 1.807) is 48.5 Å². The van der Waals surface area contributed by atoms with Crippen molar-refractivity contribution in [1.29, 1.82) is 0 Å². The van der Waals surface area contributed by atoms with Crippen LogP contribution in [0.2, 0.25) is 5.02 Å². The molecule has 0 fully saturated rings. The van der Waals surface area contributed by atoms with Crippen LogP contribution in [-0.2, 0) is 20.4 Å². The van der Waals surface area contributed by atoms with Crippen molar-refractivity contribution in [3.63, 3.8) is 0 Å². The number of ether oxygens (including phenoxy) is 1. The van der Waals surface area contributed by atoms with Gasteiger partial charge in [-0.3, -0.25) is 14.4 Å². The monoisotopic (exact) mass is 590 g/mol. The Morgan fingerprint density at radius 3 is 2.07 bits per heavy atom. The highest BCUT2D eigenvalue weighted by Gasteiger charge is 2.26. The number of anilines is 2. The quantitative estimate of drug-likeness (QED) is 0.112. The summed E-state index contributed by atoms with van der Waals surface area (Å²) in [5.74, 6) is -0.104. The Kier molecular flexibility index (Phi) is 11.3. The second-order valence-corrected chi connectivity index (χ2v) is 12.3. The van der Waals surface area contributed by atoms with Crippen LogP contribution in [0.1, 0.15) is 95.1 Å². The normalized spacial score (nSPS) is 11.6. The molecule has 0 spiro atoms. The number of hydrogen-bond donors (Lipinski definition) is 2. The van der Waals surface area contributed by atoms with Crippen LogP contribution >= 0.6 is 11.6 Å². The average molecular weight is 591 g/mol. The van der Waals surface area contributed by atoms with Gasteiger partial charge in [0.1, 0.15) is 5.75 Å². The van der Waals surface area contributed by atoms with Crippen LogP contribution in [0.15, 0.2) is 66.7 Å². The molecule has 2 amide bonds. The van der Waals surface area contributed by atoms with E-state index in [2.05, 4.69) is 70.4 Å². The molecule has 3 aromatic rings. The molecule has 7 heteroatoms. The summed E-state index contributed by atoms with van der Waals surface area (Å²) in [6, 6.07) is 20.0. The van der Waals surface area contributed by atoms with Crippen molar-refractivity contribution in [2.75, 3.05) is 17.2 Å². The molecule has 0 aliphatic carbocycles. The average Bonchev–Trinajstić information content (AvgIpc) is 2.95.